The number of amides is 2. The van der Waals surface area contributed by atoms with Crippen molar-refractivity contribution in [2.24, 2.45) is 0 Å². The van der Waals surface area contributed by atoms with Crippen LogP contribution < -0.4 is 16.4 Å². The lowest BCUT2D eigenvalue weighted by atomic mass is 10.1. The van der Waals surface area contributed by atoms with Crippen molar-refractivity contribution in [3.63, 3.8) is 0 Å². The maximum Gasteiger partial charge on any atom is 0.253 e. The molecule has 0 aliphatic rings. The number of carbonyl (C=O) groups is 2. The molecule has 0 bridgehead atoms. The van der Waals surface area contributed by atoms with Crippen LogP contribution in [0.2, 0.25) is 5.02 Å². The lowest BCUT2D eigenvalue weighted by Gasteiger charge is -2.20. The average molecular weight is 284 g/mol. The number of nitrogens with one attached hydrogen (secondary N) is 2. The number of nitrogens with two attached hydrogens (primary N) is 1. The highest BCUT2D eigenvalue weighted by atomic mass is 35.5. The van der Waals surface area contributed by atoms with Crippen molar-refractivity contribution < 1.29 is 9.59 Å². The average Bonchev–Trinajstić information content (AvgIpc) is 2.27. The zero-order chi connectivity index (χ0) is 14.6. The minimum atomic E-state index is -0.429. The summed E-state index contributed by atoms with van der Waals surface area (Å²) in [4.78, 5) is 23.4. The van der Waals surface area contributed by atoms with Gasteiger partial charge in [0, 0.05) is 5.54 Å². The van der Waals surface area contributed by atoms with Crippen molar-refractivity contribution >= 4 is 29.1 Å². The zero-order valence-corrected chi connectivity index (χ0v) is 12.0. The van der Waals surface area contributed by atoms with Crippen LogP contribution in [0.25, 0.3) is 0 Å². The molecular weight excluding hydrogens is 266 g/mol. The summed E-state index contributed by atoms with van der Waals surface area (Å²) in [6, 6.07) is 4.78. The van der Waals surface area contributed by atoms with E-state index in [1.807, 2.05) is 20.8 Å². The number of nitrogen functional groups attached to an aromatic ring is 1. The van der Waals surface area contributed by atoms with E-state index in [0.29, 0.717) is 5.69 Å². The zero-order valence-electron chi connectivity index (χ0n) is 11.2. The first-order valence-electron chi connectivity index (χ1n) is 5.84. The van der Waals surface area contributed by atoms with Crippen LogP contribution >= 0.6 is 11.6 Å². The van der Waals surface area contributed by atoms with Gasteiger partial charge in [-0.2, -0.15) is 0 Å². The van der Waals surface area contributed by atoms with Gasteiger partial charge in [-0.25, -0.2) is 0 Å². The number of benzene rings is 1. The summed E-state index contributed by atoms with van der Waals surface area (Å²) in [5, 5.41) is 5.43. The lowest BCUT2D eigenvalue weighted by Crippen LogP contribution is -2.45. The van der Waals surface area contributed by atoms with Gasteiger partial charge >= 0.3 is 0 Å². The molecule has 4 N–H and O–H groups in total. The summed E-state index contributed by atoms with van der Waals surface area (Å²) in [5.41, 5.74) is 5.85. The molecule has 0 radical (unpaired) electrons. The van der Waals surface area contributed by atoms with Gasteiger partial charge in [-0.05, 0) is 32.9 Å². The van der Waals surface area contributed by atoms with Crippen LogP contribution in [0.1, 0.15) is 31.1 Å². The van der Waals surface area contributed by atoms with Crippen molar-refractivity contribution in [2.75, 3.05) is 12.3 Å². The van der Waals surface area contributed by atoms with E-state index < -0.39 is 5.91 Å². The molecule has 104 valence electrons. The van der Waals surface area contributed by atoms with Crippen LogP contribution in [0.15, 0.2) is 18.2 Å². The third-order valence-electron chi connectivity index (χ3n) is 2.20. The Kier molecular flexibility index (Phi) is 4.78. The van der Waals surface area contributed by atoms with Gasteiger partial charge in [0.25, 0.3) is 5.91 Å². The van der Waals surface area contributed by atoms with Gasteiger partial charge in [-0.3, -0.25) is 9.59 Å². The van der Waals surface area contributed by atoms with Crippen LogP contribution in [-0.2, 0) is 4.79 Å². The van der Waals surface area contributed by atoms with Crippen molar-refractivity contribution in [3.8, 4) is 0 Å². The molecule has 6 heteroatoms. The molecule has 0 saturated heterocycles. The molecule has 5 nitrogen and oxygen atoms in total. The number of carbonyl (C=O) groups excluding carboxylic acids is 2. The first-order valence-corrected chi connectivity index (χ1v) is 6.21. The van der Waals surface area contributed by atoms with Gasteiger partial charge in [0.15, 0.2) is 0 Å². The molecule has 1 aromatic rings. The molecule has 0 aliphatic heterocycles. The second-order valence-electron chi connectivity index (χ2n) is 5.19. The quantitative estimate of drug-likeness (QED) is 0.736. The van der Waals surface area contributed by atoms with Crippen LogP contribution in [-0.4, -0.2) is 23.9 Å². The second-order valence-corrected chi connectivity index (χ2v) is 5.57. The van der Waals surface area contributed by atoms with Crippen molar-refractivity contribution in [2.45, 2.75) is 26.3 Å². The second kappa shape index (κ2) is 5.93. The Bertz CT molecular complexity index is 495. The SMILES string of the molecule is CC(C)(C)NC(=O)CNC(=O)c1cccc(N)c1Cl. The number of rotatable bonds is 3. The highest BCUT2D eigenvalue weighted by Crippen LogP contribution is 2.22. The number of hydrogen-bond acceptors (Lipinski definition) is 3. The normalized spacial score (nSPS) is 10.9. The topological polar surface area (TPSA) is 84.2 Å². The first-order chi connectivity index (χ1) is 8.70. The standard InChI is InChI=1S/C13H18ClN3O2/c1-13(2,3)17-10(18)7-16-12(19)8-5-4-6-9(15)11(8)14/h4-6H,7,15H2,1-3H3,(H,16,19)(H,17,18). The summed E-state index contributed by atoms with van der Waals surface area (Å²) in [7, 11) is 0. The van der Waals surface area contributed by atoms with Gasteiger partial charge in [-0.15, -0.1) is 0 Å². The van der Waals surface area contributed by atoms with Crippen LogP contribution in [0, 0.1) is 0 Å². The monoisotopic (exact) mass is 283 g/mol. The van der Waals surface area contributed by atoms with E-state index in [4.69, 9.17) is 17.3 Å². The molecule has 0 saturated carbocycles. The molecule has 0 aliphatic carbocycles. The minimum Gasteiger partial charge on any atom is -0.398 e. The van der Waals surface area contributed by atoms with Crippen molar-refractivity contribution in [1.82, 2.24) is 10.6 Å². The van der Waals surface area contributed by atoms with Gasteiger partial charge in [0.2, 0.25) is 5.91 Å². The summed E-state index contributed by atoms with van der Waals surface area (Å²) in [5.74, 6) is -0.692. The van der Waals surface area contributed by atoms with Gasteiger partial charge in [0.1, 0.15) is 0 Å². The minimum absolute atomic E-state index is 0.110. The van der Waals surface area contributed by atoms with Gasteiger partial charge < -0.3 is 16.4 Å². The molecular formula is C13H18ClN3O2. The Hall–Kier alpha value is -1.75. The Morgan fingerprint density at radius 3 is 2.53 bits per heavy atom. The van der Waals surface area contributed by atoms with Crippen LogP contribution in [0.5, 0.6) is 0 Å². The Morgan fingerprint density at radius 1 is 1.32 bits per heavy atom. The molecule has 0 unspecified atom stereocenters. The van der Waals surface area contributed by atoms with Crippen LogP contribution in [0.4, 0.5) is 5.69 Å². The van der Waals surface area contributed by atoms with E-state index in [-0.39, 0.29) is 28.6 Å². The first kappa shape index (κ1) is 15.3. The maximum atomic E-state index is 11.9. The smallest absolute Gasteiger partial charge is 0.253 e. The highest BCUT2D eigenvalue weighted by Gasteiger charge is 2.16. The fraction of sp³-hybridized carbons (Fsp3) is 0.385. The molecule has 2 amide bonds. The van der Waals surface area contributed by atoms with E-state index in [2.05, 4.69) is 10.6 Å². The molecule has 0 aromatic heterocycles. The fourth-order valence-corrected chi connectivity index (χ4v) is 1.66. The Balaban J connectivity index is 2.61. The summed E-state index contributed by atoms with van der Waals surface area (Å²) in [6.07, 6.45) is 0. The summed E-state index contributed by atoms with van der Waals surface area (Å²) in [6.45, 7) is 5.48. The summed E-state index contributed by atoms with van der Waals surface area (Å²) < 4.78 is 0. The van der Waals surface area contributed by atoms with E-state index in [9.17, 15) is 9.59 Å². The van der Waals surface area contributed by atoms with E-state index in [1.54, 1.807) is 18.2 Å². The number of anilines is 1. The highest BCUT2D eigenvalue weighted by molar-refractivity contribution is 6.36. The summed E-state index contributed by atoms with van der Waals surface area (Å²) >= 11 is 5.92. The number of halogens is 1. The van der Waals surface area contributed by atoms with Crippen molar-refractivity contribution in [1.29, 1.82) is 0 Å². The third kappa shape index (κ3) is 4.79. The molecule has 1 aromatic carbocycles. The lowest BCUT2D eigenvalue weighted by molar-refractivity contribution is -0.121. The van der Waals surface area contributed by atoms with Gasteiger partial charge in [0.05, 0.1) is 22.8 Å². The molecule has 19 heavy (non-hydrogen) atoms. The van der Waals surface area contributed by atoms with E-state index in [1.165, 1.54) is 0 Å². The predicted octanol–water partition coefficient (Wildman–Crippen LogP) is 1.57. The predicted molar refractivity (Wildman–Crippen MR) is 76.1 cm³/mol. The number of hydrogen-bond donors (Lipinski definition) is 3. The molecule has 0 atom stereocenters. The molecule has 0 heterocycles. The molecule has 1 rings (SSSR count). The maximum absolute atomic E-state index is 11.9. The molecule has 0 spiro atoms. The van der Waals surface area contributed by atoms with Crippen LogP contribution in [0.3, 0.4) is 0 Å². The Labute approximate surface area is 117 Å². The van der Waals surface area contributed by atoms with E-state index >= 15 is 0 Å². The largest absolute Gasteiger partial charge is 0.398 e. The third-order valence-corrected chi connectivity index (χ3v) is 2.62. The molecule has 0 fully saturated rings. The van der Waals surface area contributed by atoms with Crippen molar-refractivity contribution in [3.05, 3.63) is 28.8 Å². The Morgan fingerprint density at radius 2 is 1.95 bits per heavy atom. The fourth-order valence-electron chi connectivity index (χ4n) is 1.44. The van der Waals surface area contributed by atoms with E-state index in [0.717, 1.165) is 0 Å². The van der Waals surface area contributed by atoms with Gasteiger partial charge in [-0.1, -0.05) is 17.7 Å².